The fourth-order valence-electron chi connectivity index (χ4n) is 0.430. The van der Waals surface area contributed by atoms with E-state index in [0.29, 0.717) is 6.61 Å². The standard InChI is InChI=1S/C7H13NO2/c1-3-5-10-7(9)6-8-4-2/h3,8H,1,4-6H2,2H3. The Labute approximate surface area is 61.1 Å². The molecule has 0 aromatic heterocycles. The van der Waals surface area contributed by atoms with Gasteiger partial charge in [0.25, 0.3) is 0 Å². The Morgan fingerprint density at radius 2 is 2.50 bits per heavy atom. The van der Waals surface area contributed by atoms with Gasteiger partial charge in [-0.25, -0.2) is 0 Å². The summed E-state index contributed by atoms with van der Waals surface area (Å²) >= 11 is 0. The minimum Gasteiger partial charge on any atom is -0.461 e. The summed E-state index contributed by atoms with van der Waals surface area (Å²) in [7, 11) is 0. The average molecular weight is 143 g/mol. The Bertz CT molecular complexity index is 112. The lowest BCUT2D eigenvalue weighted by Gasteiger charge is -2.00. The zero-order chi connectivity index (χ0) is 7.82. The first-order valence-corrected chi connectivity index (χ1v) is 3.28. The maximum Gasteiger partial charge on any atom is 0.320 e. The maximum absolute atomic E-state index is 10.6. The molecule has 3 heteroatoms. The SMILES string of the molecule is C=CCOC(=O)CNCC. The first kappa shape index (κ1) is 9.17. The summed E-state index contributed by atoms with van der Waals surface area (Å²) in [5, 5.41) is 2.85. The minimum atomic E-state index is -0.234. The molecular formula is C7H13NO2. The van der Waals surface area contributed by atoms with Crippen LogP contribution in [0.2, 0.25) is 0 Å². The van der Waals surface area contributed by atoms with Gasteiger partial charge in [0, 0.05) is 0 Å². The van der Waals surface area contributed by atoms with Crippen molar-refractivity contribution in [3.05, 3.63) is 12.7 Å². The van der Waals surface area contributed by atoms with E-state index in [9.17, 15) is 4.79 Å². The van der Waals surface area contributed by atoms with E-state index in [1.54, 1.807) is 6.08 Å². The number of nitrogens with one attached hydrogen (secondary N) is 1. The third kappa shape index (κ3) is 5.31. The van der Waals surface area contributed by atoms with Crippen LogP contribution in [0.5, 0.6) is 0 Å². The minimum absolute atomic E-state index is 0.234. The van der Waals surface area contributed by atoms with E-state index in [4.69, 9.17) is 0 Å². The van der Waals surface area contributed by atoms with Gasteiger partial charge in [0.15, 0.2) is 0 Å². The summed E-state index contributed by atoms with van der Waals surface area (Å²) < 4.78 is 4.67. The molecule has 0 atom stereocenters. The third-order valence-electron chi connectivity index (χ3n) is 0.882. The summed E-state index contributed by atoms with van der Waals surface area (Å²) in [6.07, 6.45) is 1.55. The zero-order valence-electron chi connectivity index (χ0n) is 6.22. The second kappa shape index (κ2) is 6.29. The van der Waals surface area contributed by atoms with E-state index < -0.39 is 0 Å². The molecule has 0 aromatic carbocycles. The monoisotopic (exact) mass is 143 g/mol. The van der Waals surface area contributed by atoms with Gasteiger partial charge in [0.05, 0.1) is 6.54 Å². The highest BCUT2D eigenvalue weighted by atomic mass is 16.5. The lowest BCUT2D eigenvalue weighted by Crippen LogP contribution is -2.24. The molecule has 0 saturated heterocycles. The van der Waals surface area contributed by atoms with Crippen LogP contribution < -0.4 is 5.32 Å². The van der Waals surface area contributed by atoms with Crippen molar-refractivity contribution in [3.63, 3.8) is 0 Å². The Morgan fingerprint density at radius 1 is 1.80 bits per heavy atom. The molecule has 0 rings (SSSR count). The van der Waals surface area contributed by atoms with Crippen LogP contribution in [0.1, 0.15) is 6.92 Å². The van der Waals surface area contributed by atoms with E-state index in [1.165, 1.54) is 0 Å². The van der Waals surface area contributed by atoms with Crippen LogP contribution in [-0.4, -0.2) is 25.7 Å². The molecule has 1 N–H and O–H groups in total. The van der Waals surface area contributed by atoms with Gasteiger partial charge in [-0.05, 0) is 6.54 Å². The molecule has 0 radical (unpaired) electrons. The second-order valence-corrected chi connectivity index (χ2v) is 1.75. The van der Waals surface area contributed by atoms with Gasteiger partial charge in [-0.3, -0.25) is 4.79 Å². The third-order valence-corrected chi connectivity index (χ3v) is 0.882. The van der Waals surface area contributed by atoms with E-state index in [-0.39, 0.29) is 12.5 Å². The van der Waals surface area contributed by atoms with Gasteiger partial charge in [-0.1, -0.05) is 19.6 Å². The van der Waals surface area contributed by atoms with Crippen LogP contribution in [0.15, 0.2) is 12.7 Å². The van der Waals surface area contributed by atoms with E-state index >= 15 is 0 Å². The molecule has 0 bridgehead atoms. The summed E-state index contributed by atoms with van der Waals surface area (Å²) in [6, 6.07) is 0. The van der Waals surface area contributed by atoms with Crippen molar-refractivity contribution in [2.24, 2.45) is 0 Å². The summed E-state index contributed by atoms with van der Waals surface area (Å²) in [5.41, 5.74) is 0. The van der Waals surface area contributed by atoms with Crippen molar-refractivity contribution in [2.45, 2.75) is 6.92 Å². The quantitative estimate of drug-likeness (QED) is 0.445. The van der Waals surface area contributed by atoms with Crippen LogP contribution in [0.3, 0.4) is 0 Å². The number of carbonyl (C=O) groups excluding carboxylic acids is 1. The molecular weight excluding hydrogens is 130 g/mol. The van der Waals surface area contributed by atoms with Gasteiger partial charge in [-0.2, -0.15) is 0 Å². The Kier molecular flexibility index (Phi) is 5.77. The average Bonchev–Trinajstić information content (AvgIpc) is 1.97. The predicted molar refractivity (Wildman–Crippen MR) is 39.7 cm³/mol. The number of hydrogen-bond donors (Lipinski definition) is 1. The number of rotatable bonds is 5. The normalized spacial score (nSPS) is 8.90. The maximum atomic E-state index is 10.6. The number of esters is 1. The van der Waals surface area contributed by atoms with Crippen LogP contribution >= 0.6 is 0 Å². The zero-order valence-corrected chi connectivity index (χ0v) is 6.22. The van der Waals surface area contributed by atoms with Crippen molar-refractivity contribution in [2.75, 3.05) is 19.7 Å². The lowest BCUT2D eigenvalue weighted by atomic mass is 10.6. The highest BCUT2D eigenvalue weighted by Crippen LogP contribution is 1.76. The van der Waals surface area contributed by atoms with Crippen LogP contribution in [-0.2, 0) is 9.53 Å². The molecule has 0 spiro atoms. The lowest BCUT2D eigenvalue weighted by molar-refractivity contribution is -0.141. The molecule has 58 valence electrons. The van der Waals surface area contributed by atoms with Crippen molar-refractivity contribution < 1.29 is 9.53 Å². The molecule has 0 saturated carbocycles. The molecule has 0 aliphatic rings. The number of hydrogen-bond acceptors (Lipinski definition) is 3. The highest BCUT2D eigenvalue weighted by Gasteiger charge is 1.97. The van der Waals surface area contributed by atoms with E-state index in [2.05, 4.69) is 16.6 Å². The Hall–Kier alpha value is -0.830. The van der Waals surface area contributed by atoms with Crippen molar-refractivity contribution >= 4 is 5.97 Å². The Morgan fingerprint density at radius 3 is 3.00 bits per heavy atom. The van der Waals surface area contributed by atoms with Gasteiger partial charge in [0.1, 0.15) is 6.61 Å². The first-order chi connectivity index (χ1) is 4.81. The molecule has 10 heavy (non-hydrogen) atoms. The van der Waals surface area contributed by atoms with E-state index in [1.807, 2.05) is 6.92 Å². The van der Waals surface area contributed by atoms with Gasteiger partial charge >= 0.3 is 5.97 Å². The first-order valence-electron chi connectivity index (χ1n) is 3.28. The van der Waals surface area contributed by atoms with Crippen molar-refractivity contribution in [3.8, 4) is 0 Å². The molecule has 0 unspecified atom stereocenters. The van der Waals surface area contributed by atoms with Crippen molar-refractivity contribution in [1.29, 1.82) is 0 Å². The molecule has 0 aliphatic carbocycles. The number of carbonyl (C=O) groups is 1. The molecule has 0 aliphatic heterocycles. The Balaban J connectivity index is 3.16. The largest absolute Gasteiger partial charge is 0.461 e. The van der Waals surface area contributed by atoms with E-state index in [0.717, 1.165) is 6.54 Å². The van der Waals surface area contributed by atoms with Crippen LogP contribution in [0.25, 0.3) is 0 Å². The topological polar surface area (TPSA) is 38.3 Å². The second-order valence-electron chi connectivity index (χ2n) is 1.75. The molecule has 3 nitrogen and oxygen atoms in total. The molecule has 0 heterocycles. The fourth-order valence-corrected chi connectivity index (χ4v) is 0.430. The molecule has 0 fully saturated rings. The summed E-state index contributed by atoms with van der Waals surface area (Å²) in [5.74, 6) is -0.234. The van der Waals surface area contributed by atoms with Gasteiger partial charge < -0.3 is 10.1 Å². The molecule has 0 amide bonds. The van der Waals surface area contributed by atoms with Crippen LogP contribution in [0, 0.1) is 0 Å². The van der Waals surface area contributed by atoms with Crippen LogP contribution in [0.4, 0.5) is 0 Å². The number of likely N-dealkylation sites (N-methyl/N-ethyl adjacent to an activating group) is 1. The van der Waals surface area contributed by atoms with Gasteiger partial charge in [-0.15, -0.1) is 0 Å². The number of ether oxygens (including phenoxy) is 1. The predicted octanol–water partition coefficient (Wildman–Crippen LogP) is 0.325. The smallest absolute Gasteiger partial charge is 0.320 e. The summed E-state index contributed by atoms with van der Waals surface area (Å²) in [6.45, 7) is 6.71. The highest BCUT2D eigenvalue weighted by molar-refractivity contribution is 5.71. The van der Waals surface area contributed by atoms with Gasteiger partial charge in [0.2, 0.25) is 0 Å². The molecule has 0 aromatic rings. The van der Waals surface area contributed by atoms with Crippen molar-refractivity contribution in [1.82, 2.24) is 5.32 Å². The fraction of sp³-hybridized carbons (Fsp3) is 0.571. The summed E-state index contributed by atoms with van der Waals surface area (Å²) in [4.78, 5) is 10.6.